The number of sulfonamides is 1. The van der Waals surface area contributed by atoms with Crippen molar-refractivity contribution in [2.45, 2.75) is 23.9 Å². The standard InChI is InChI=1S/C29H24Cl2N2O5S/c30-24-15-25(31)17-26(16-24)39(37,38)32-18-20-8-12-23(13-9-20)28(34)33-27(29(35)36)14-19-6-10-22(11-7-19)21-4-2-1-3-5-21/h1-13,15-17,27,32H,14,18H2,(H,33,34)(H,35,36)/t27-/m0/s1. The van der Waals surface area contributed by atoms with Gasteiger partial charge in [-0.3, -0.25) is 4.79 Å². The van der Waals surface area contributed by atoms with E-state index in [-0.39, 0.29) is 33.5 Å². The molecule has 0 heterocycles. The fraction of sp³-hybridized carbons (Fsp3) is 0.103. The second-order valence-electron chi connectivity index (χ2n) is 8.76. The largest absolute Gasteiger partial charge is 0.480 e. The number of carbonyl (C=O) groups is 2. The van der Waals surface area contributed by atoms with Gasteiger partial charge in [0.15, 0.2) is 0 Å². The van der Waals surface area contributed by atoms with Gasteiger partial charge in [0.2, 0.25) is 10.0 Å². The summed E-state index contributed by atoms with van der Waals surface area (Å²) in [7, 11) is -3.87. The minimum absolute atomic E-state index is 0.0366. The van der Waals surface area contributed by atoms with Gasteiger partial charge in [0.25, 0.3) is 5.91 Å². The van der Waals surface area contributed by atoms with Crippen molar-refractivity contribution in [1.29, 1.82) is 0 Å². The molecule has 0 aromatic heterocycles. The molecule has 0 spiro atoms. The minimum atomic E-state index is -3.87. The minimum Gasteiger partial charge on any atom is -0.480 e. The Labute approximate surface area is 236 Å². The third kappa shape index (κ3) is 7.68. The first-order valence-electron chi connectivity index (χ1n) is 11.8. The average Bonchev–Trinajstić information content (AvgIpc) is 2.92. The first kappa shape index (κ1) is 28.3. The van der Waals surface area contributed by atoms with Gasteiger partial charge in [-0.15, -0.1) is 0 Å². The highest BCUT2D eigenvalue weighted by molar-refractivity contribution is 7.89. The molecule has 4 rings (SSSR count). The summed E-state index contributed by atoms with van der Waals surface area (Å²) in [5.74, 6) is -1.70. The van der Waals surface area contributed by atoms with E-state index in [1.54, 1.807) is 12.1 Å². The maximum atomic E-state index is 12.8. The Bertz CT molecular complexity index is 1560. The van der Waals surface area contributed by atoms with Crippen molar-refractivity contribution in [3.8, 4) is 11.1 Å². The van der Waals surface area contributed by atoms with Gasteiger partial charge in [-0.05, 0) is 52.6 Å². The van der Waals surface area contributed by atoms with Crippen molar-refractivity contribution in [3.63, 3.8) is 0 Å². The van der Waals surface area contributed by atoms with E-state index in [9.17, 15) is 23.1 Å². The molecule has 7 nitrogen and oxygen atoms in total. The lowest BCUT2D eigenvalue weighted by Gasteiger charge is -2.15. The Morgan fingerprint density at radius 2 is 1.33 bits per heavy atom. The van der Waals surface area contributed by atoms with Gasteiger partial charge in [0, 0.05) is 28.6 Å². The Kier molecular flexibility index (Phi) is 9.04. The van der Waals surface area contributed by atoms with Crippen LogP contribution in [0.2, 0.25) is 10.0 Å². The third-order valence-corrected chi connectivity index (χ3v) is 7.75. The van der Waals surface area contributed by atoms with E-state index in [0.29, 0.717) is 5.56 Å². The van der Waals surface area contributed by atoms with Crippen molar-refractivity contribution >= 4 is 45.1 Å². The number of hydrogen-bond donors (Lipinski definition) is 3. The highest BCUT2D eigenvalue weighted by Crippen LogP contribution is 2.23. The predicted molar refractivity (Wildman–Crippen MR) is 151 cm³/mol. The number of carboxylic acids is 1. The van der Waals surface area contributed by atoms with Crippen LogP contribution in [0.4, 0.5) is 0 Å². The molecular formula is C29H24Cl2N2O5S. The fourth-order valence-electron chi connectivity index (χ4n) is 3.86. The number of carboxylic acid groups (broad SMARTS) is 1. The third-order valence-electron chi connectivity index (χ3n) is 5.93. The summed E-state index contributed by atoms with van der Waals surface area (Å²) < 4.78 is 27.6. The van der Waals surface area contributed by atoms with E-state index in [1.807, 2.05) is 54.6 Å². The molecule has 0 bridgehead atoms. The Balaban J connectivity index is 1.36. The molecule has 1 amide bonds. The normalized spacial score (nSPS) is 12.1. The van der Waals surface area contributed by atoms with Crippen molar-refractivity contribution in [2.24, 2.45) is 0 Å². The van der Waals surface area contributed by atoms with Gasteiger partial charge in [-0.2, -0.15) is 0 Å². The van der Waals surface area contributed by atoms with Crippen LogP contribution in [0, 0.1) is 0 Å². The molecule has 0 saturated carbocycles. The van der Waals surface area contributed by atoms with Gasteiger partial charge in [0.1, 0.15) is 6.04 Å². The van der Waals surface area contributed by atoms with E-state index in [4.69, 9.17) is 23.2 Å². The molecule has 39 heavy (non-hydrogen) atoms. The van der Waals surface area contributed by atoms with Crippen LogP contribution in [0.25, 0.3) is 11.1 Å². The van der Waals surface area contributed by atoms with Crippen molar-refractivity contribution in [2.75, 3.05) is 0 Å². The number of halogens is 2. The van der Waals surface area contributed by atoms with E-state index in [1.165, 1.54) is 30.3 Å². The molecule has 1 atom stereocenters. The topological polar surface area (TPSA) is 113 Å². The molecule has 10 heteroatoms. The summed E-state index contributed by atoms with van der Waals surface area (Å²) in [5, 5.41) is 12.6. The molecular weight excluding hydrogens is 559 g/mol. The number of carbonyl (C=O) groups excluding carboxylic acids is 1. The smallest absolute Gasteiger partial charge is 0.326 e. The summed E-state index contributed by atoms with van der Waals surface area (Å²) >= 11 is 11.8. The quantitative estimate of drug-likeness (QED) is 0.226. The first-order valence-corrected chi connectivity index (χ1v) is 14.1. The second-order valence-corrected chi connectivity index (χ2v) is 11.4. The maximum absolute atomic E-state index is 12.8. The summed E-state index contributed by atoms with van der Waals surface area (Å²) in [5.41, 5.74) is 3.67. The van der Waals surface area contributed by atoms with Gasteiger partial charge in [0.05, 0.1) is 4.90 Å². The first-order chi connectivity index (χ1) is 18.6. The Morgan fingerprint density at radius 1 is 0.769 bits per heavy atom. The SMILES string of the molecule is O=C(N[C@@H](Cc1ccc(-c2ccccc2)cc1)C(=O)O)c1ccc(CNS(=O)(=O)c2cc(Cl)cc(Cl)c2)cc1. The zero-order chi connectivity index (χ0) is 28.0. The molecule has 200 valence electrons. The average molecular weight is 583 g/mol. The molecule has 0 aliphatic rings. The van der Waals surface area contributed by atoms with Gasteiger partial charge in [-0.1, -0.05) is 89.9 Å². The second kappa shape index (κ2) is 12.4. The molecule has 0 saturated heterocycles. The molecule has 4 aromatic rings. The van der Waals surface area contributed by atoms with E-state index in [2.05, 4.69) is 10.0 Å². The molecule has 0 aliphatic heterocycles. The highest BCUT2D eigenvalue weighted by Gasteiger charge is 2.21. The van der Waals surface area contributed by atoms with Crippen molar-refractivity contribution < 1.29 is 23.1 Å². The summed E-state index contributed by atoms with van der Waals surface area (Å²) in [6.45, 7) is -0.0366. The Morgan fingerprint density at radius 3 is 1.92 bits per heavy atom. The lowest BCUT2D eigenvalue weighted by molar-refractivity contribution is -0.139. The number of amides is 1. The van der Waals surface area contributed by atoms with Crippen LogP contribution in [0.15, 0.2) is 102 Å². The van der Waals surface area contributed by atoms with Crippen LogP contribution < -0.4 is 10.0 Å². The molecule has 4 aromatic carbocycles. The van der Waals surface area contributed by atoms with E-state index < -0.39 is 27.9 Å². The summed E-state index contributed by atoms with van der Waals surface area (Å²) in [6.07, 6.45) is 0.115. The van der Waals surface area contributed by atoms with Crippen LogP contribution in [0.1, 0.15) is 21.5 Å². The van der Waals surface area contributed by atoms with Crippen molar-refractivity contribution in [3.05, 3.63) is 124 Å². The highest BCUT2D eigenvalue weighted by atomic mass is 35.5. The Hall–Kier alpha value is -3.69. The molecule has 0 aliphatic carbocycles. The van der Waals surface area contributed by atoms with Crippen LogP contribution in [-0.2, 0) is 27.8 Å². The number of benzene rings is 4. The van der Waals surface area contributed by atoms with Crippen molar-refractivity contribution in [1.82, 2.24) is 10.0 Å². The van der Waals surface area contributed by atoms with Crippen LogP contribution in [0.3, 0.4) is 0 Å². The fourth-order valence-corrected chi connectivity index (χ4v) is 5.60. The van der Waals surface area contributed by atoms with Gasteiger partial charge < -0.3 is 10.4 Å². The molecule has 0 unspecified atom stereocenters. The monoisotopic (exact) mass is 582 g/mol. The number of rotatable bonds is 10. The lowest BCUT2D eigenvalue weighted by atomic mass is 10.0. The van der Waals surface area contributed by atoms with E-state index >= 15 is 0 Å². The maximum Gasteiger partial charge on any atom is 0.326 e. The number of hydrogen-bond acceptors (Lipinski definition) is 4. The summed E-state index contributed by atoms with van der Waals surface area (Å²) in [6, 6.07) is 26.4. The lowest BCUT2D eigenvalue weighted by Crippen LogP contribution is -2.42. The molecule has 0 radical (unpaired) electrons. The van der Waals surface area contributed by atoms with Crippen LogP contribution in [0.5, 0.6) is 0 Å². The molecule has 3 N–H and O–H groups in total. The predicted octanol–water partition coefficient (Wildman–Crippen LogP) is 5.56. The summed E-state index contributed by atoms with van der Waals surface area (Å²) in [4.78, 5) is 24.5. The van der Waals surface area contributed by atoms with Crippen LogP contribution in [-0.4, -0.2) is 31.4 Å². The zero-order valence-electron chi connectivity index (χ0n) is 20.5. The number of aliphatic carboxylic acids is 1. The van der Waals surface area contributed by atoms with Crippen LogP contribution >= 0.6 is 23.2 Å². The molecule has 0 fully saturated rings. The van der Waals surface area contributed by atoms with Gasteiger partial charge in [-0.25, -0.2) is 17.9 Å². The zero-order valence-corrected chi connectivity index (χ0v) is 22.8. The van der Waals surface area contributed by atoms with E-state index in [0.717, 1.165) is 16.7 Å². The van der Waals surface area contributed by atoms with Gasteiger partial charge >= 0.3 is 5.97 Å². The number of nitrogens with one attached hydrogen (secondary N) is 2.